The van der Waals surface area contributed by atoms with Crippen LogP contribution in [0.3, 0.4) is 0 Å². The highest BCUT2D eigenvalue weighted by Crippen LogP contribution is 2.20. The quantitative estimate of drug-likeness (QED) is 0.335. The molecule has 0 saturated heterocycles. The van der Waals surface area contributed by atoms with Crippen LogP contribution >= 0.6 is 0 Å². The number of fused-ring (bicyclic) bond motifs is 1. The number of aromatic nitrogens is 1. The first-order chi connectivity index (χ1) is 15.1. The second-order valence-corrected chi connectivity index (χ2v) is 7.68. The zero-order chi connectivity index (χ0) is 21.6. The Hall–Kier alpha value is -3.51. The molecule has 0 aliphatic carbocycles. The molecule has 3 aromatic carbocycles. The van der Waals surface area contributed by atoms with E-state index in [1.54, 1.807) is 12.1 Å². The highest BCUT2D eigenvalue weighted by atomic mass is 19.2. The molecule has 0 radical (unpaired) electrons. The molecule has 4 rings (SSSR count). The fraction of sp³-hybridized carbons (Fsp3) is 0.179. The van der Waals surface area contributed by atoms with Gasteiger partial charge in [-0.25, -0.2) is 8.78 Å². The van der Waals surface area contributed by atoms with Gasteiger partial charge in [0.2, 0.25) is 0 Å². The summed E-state index contributed by atoms with van der Waals surface area (Å²) in [4.78, 5) is 4.56. The molecule has 0 spiro atoms. The van der Waals surface area contributed by atoms with Crippen molar-refractivity contribution in [1.29, 1.82) is 0 Å². The Balaban J connectivity index is 1.40. The van der Waals surface area contributed by atoms with Crippen LogP contribution in [0.5, 0.6) is 0 Å². The first-order valence-electron chi connectivity index (χ1n) is 10.5. The summed E-state index contributed by atoms with van der Waals surface area (Å²) in [5.41, 5.74) is 5.32. The zero-order valence-corrected chi connectivity index (χ0v) is 17.5. The molecular weight excluding hydrogens is 388 g/mol. The molecule has 154 valence electrons. The number of rotatable bonds is 5. The molecule has 0 N–H and O–H groups in total. The molecule has 1 aromatic heterocycles. The van der Waals surface area contributed by atoms with E-state index in [1.807, 2.05) is 24.4 Å². The van der Waals surface area contributed by atoms with Crippen molar-refractivity contribution in [2.24, 2.45) is 0 Å². The SMILES string of the molecule is CCCc1ccc(CCc2ccc(C#Cc3ccc4cc(F)c(F)cc4c3)cc2)nc1. The molecule has 0 aliphatic rings. The van der Waals surface area contributed by atoms with Crippen molar-refractivity contribution in [3.63, 3.8) is 0 Å². The number of halogens is 2. The number of aryl methyl sites for hydroxylation is 3. The molecule has 31 heavy (non-hydrogen) atoms. The predicted molar refractivity (Wildman–Crippen MR) is 122 cm³/mol. The summed E-state index contributed by atoms with van der Waals surface area (Å²) in [6.45, 7) is 2.17. The summed E-state index contributed by atoms with van der Waals surface area (Å²) in [5.74, 6) is 4.56. The zero-order valence-electron chi connectivity index (χ0n) is 17.5. The average Bonchev–Trinajstić information content (AvgIpc) is 2.79. The minimum atomic E-state index is -0.847. The largest absolute Gasteiger partial charge is 0.261 e. The second-order valence-electron chi connectivity index (χ2n) is 7.68. The van der Waals surface area contributed by atoms with E-state index < -0.39 is 11.6 Å². The third-order valence-electron chi connectivity index (χ3n) is 5.28. The Morgan fingerprint density at radius 3 is 2.06 bits per heavy atom. The maximum absolute atomic E-state index is 13.5. The first kappa shape index (κ1) is 20.8. The Morgan fingerprint density at radius 1 is 0.677 bits per heavy atom. The summed E-state index contributed by atoms with van der Waals surface area (Å²) in [6.07, 6.45) is 6.03. The lowest BCUT2D eigenvalue weighted by Gasteiger charge is -2.04. The molecule has 1 heterocycles. The van der Waals surface area contributed by atoms with Crippen LogP contribution in [-0.4, -0.2) is 4.98 Å². The number of nitrogens with zero attached hydrogens (tertiary/aromatic N) is 1. The Labute approximate surface area is 181 Å². The van der Waals surface area contributed by atoms with Crippen molar-refractivity contribution in [3.8, 4) is 11.8 Å². The molecule has 0 atom stereocenters. The van der Waals surface area contributed by atoms with Gasteiger partial charge in [-0.1, -0.05) is 49.5 Å². The molecule has 0 bridgehead atoms. The van der Waals surface area contributed by atoms with E-state index >= 15 is 0 Å². The van der Waals surface area contributed by atoms with Crippen LogP contribution in [0.4, 0.5) is 8.78 Å². The van der Waals surface area contributed by atoms with Gasteiger partial charge in [0.15, 0.2) is 11.6 Å². The predicted octanol–water partition coefficient (Wildman–Crippen LogP) is 6.65. The average molecular weight is 411 g/mol. The molecule has 0 saturated carbocycles. The molecule has 1 nitrogen and oxygen atoms in total. The number of hydrogen-bond donors (Lipinski definition) is 0. The molecule has 0 amide bonds. The van der Waals surface area contributed by atoms with Gasteiger partial charge in [0.05, 0.1) is 0 Å². The van der Waals surface area contributed by atoms with Gasteiger partial charge in [-0.2, -0.15) is 0 Å². The van der Waals surface area contributed by atoms with Gasteiger partial charge in [-0.15, -0.1) is 0 Å². The Bertz CT molecular complexity index is 1250. The van der Waals surface area contributed by atoms with Crippen LogP contribution < -0.4 is 0 Å². The van der Waals surface area contributed by atoms with Crippen LogP contribution in [0, 0.1) is 23.5 Å². The van der Waals surface area contributed by atoms with Gasteiger partial charge < -0.3 is 0 Å². The lowest BCUT2D eigenvalue weighted by molar-refractivity contribution is 0.511. The molecule has 4 aromatic rings. The van der Waals surface area contributed by atoms with E-state index in [4.69, 9.17) is 0 Å². The number of benzene rings is 3. The van der Waals surface area contributed by atoms with E-state index in [1.165, 1.54) is 23.3 Å². The standard InChI is InChI=1S/C28H23F2N/c1-2-3-23-12-15-26(31-19-23)14-11-21-6-4-20(5-7-21)8-9-22-10-13-24-17-27(29)28(30)18-25(24)16-22/h4-7,10,12-13,15-19H,2-3,11,14H2,1H3. The van der Waals surface area contributed by atoms with Crippen molar-refractivity contribution < 1.29 is 8.78 Å². The van der Waals surface area contributed by atoms with E-state index in [0.29, 0.717) is 10.8 Å². The van der Waals surface area contributed by atoms with Gasteiger partial charge in [-0.05, 0) is 83.6 Å². The minimum absolute atomic E-state index is 0.636. The third kappa shape index (κ3) is 5.35. The Morgan fingerprint density at radius 2 is 1.35 bits per heavy atom. The van der Waals surface area contributed by atoms with E-state index in [-0.39, 0.29) is 0 Å². The summed E-state index contributed by atoms with van der Waals surface area (Å²) in [7, 11) is 0. The van der Waals surface area contributed by atoms with E-state index in [2.05, 4.69) is 48.0 Å². The van der Waals surface area contributed by atoms with Gasteiger partial charge in [0, 0.05) is 23.0 Å². The molecular formula is C28H23F2N. The molecule has 0 aliphatic heterocycles. The lowest BCUT2D eigenvalue weighted by atomic mass is 10.0. The normalized spacial score (nSPS) is 10.7. The monoisotopic (exact) mass is 411 g/mol. The van der Waals surface area contributed by atoms with Crippen LogP contribution in [0.15, 0.2) is 72.9 Å². The van der Waals surface area contributed by atoms with Gasteiger partial charge in [-0.3, -0.25) is 4.98 Å². The van der Waals surface area contributed by atoms with Crippen molar-refractivity contribution in [2.75, 3.05) is 0 Å². The third-order valence-corrected chi connectivity index (χ3v) is 5.28. The maximum atomic E-state index is 13.5. The summed E-state index contributed by atoms with van der Waals surface area (Å²) in [6, 6.07) is 20.3. The summed E-state index contributed by atoms with van der Waals surface area (Å²) < 4.78 is 26.8. The Kier molecular flexibility index (Phi) is 6.38. The lowest BCUT2D eigenvalue weighted by Crippen LogP contribution is -1.95. The van der Waals surface area contributed by atoms with Crippen molar-refractivity contribution in [3.05, 3.63) is 113 Å². The van der Waals surface area contributed by atoms with Crippen molar-refractivity contribution in [2.45, 2.75) is 32.6 Å². The van der Waals surface area contributed by atoms with Gasteiger partial charge in [0.1, 0.15) is 0 Å². The maximum Gasteiger partial charge on any atom is 0.159 e. The molecule has 3 heteroatoms. The molecule has 0 fully saturated rings. The van der Waals surface area contributed by atoms with Crippen LogP contribution in [0.25, 0.3) is 10.8 Å². The highest BCUT2D eigenvalue weighted by molar-refractivity contribution is 5.84. The van der Waals surface area contributed by atoms with Gasteiger partial charge in [0.25, 0.3) is 0 Å². The summed E-state index contributed by atoms with van der Waals surface area (Å²) in [5, 5.41) is 1.29. The number of hydrogen-bond acceptors (Lipinski definition) is 1. The summed E-state index contributed by atoms with van der Waals surface area (Å²) >= 11 is 0. The number of pyridine rings is 1. The topological polar surface area (TPSA) is 12.9 Å². The van der Waals surface area contributed by atoms with Crippen LogP contribution in [0.1, 0.15) is 41.3 Å². The van der Waals surface area contributed by atoms with Crippen molar-refractivity contribution >= 4 is 10.8 Å². The molecule has 0 unspecified atom stereocenters. The minimum Gasteiger partial charge on any atom is -0.261 e. The fourth-order valence-corrected chi connectivity index (χ4v) is 3.53. The van der Waals surface area contributed by atoms with Crippen molar-refractivity contribution in [1.82, 2.24) is 4.98 Å². The fourth-order valence-electron chi connectivity index (χ4n) is 3.53. The van der Waals surface area contributed by atoms with Gasteiger partial charge >= 0.3 is 0 Å². The van der Waals surface area contributed by atoms with Crippen LogP contribution in [-0.2, 0) is 19.3 Å². The van der Waals surface area contributed by atoms with E-state index in [0.717, 1.165) is 42.5 Å². The van der Waals surface area contributed by atoms with Crippen LogP contribution in [0.2, 0.25) is 0 Å². The first-order valence-corrected chi connectivity index (χ1v) is 10.5. The smallest absolute Gasteiger partial charge is 0.159 e. The van der Waals surface area contributed by atoms with E-state index in [9.17, 15) is 8.78 Å². The second kappa shape index (κ2) is 9.53. The highest BCUT2D eigenvalue weighted by Gasteiger charge is 2.04.